The lowest BCUT2D eigenvalue weighted by Crippen LogP contribution is -2.30. The fourth-order valence-electron chi connectivity index (χ4n) is 2.28. The summed E-state index contributed by atoms with van der Waals surface area (Å²) in [4.78, 5) is 11.9. The van der Waals surface area contributed by atoms with E-state index in [2.05, 4.69) is 33.2 Å². The maximum atomic E-state index is 11.9. The molecule has 0 bridgehead atoms. The largest absolute Gasteiger partial charge is 0.325 e. The van der Waals surface area contributed by atoms with Crippen molar-refractivity contribution in [1.82, 2.24) is 5.32 Å². The van der Waals surface area contributed by atoms with E-state index in [1.165, 1.54) is 12.8 Å². The van der Waals surface area contributed by atoms with Gasteiger partial charge in [0.15, 0.2) is 0 Å². The van der Waals surface area contributed by atoms with Crippen molar-refractivity contribution in [3.05, 3.63) is 27.8 Å². The van der Waals surface area contributed by atoms with Crippen molar-refractivity contribution >= 4 is 34.2 Å². The molecule has 98 valence electrons. The van der Waals surface area contributed by atoms with Crippen LogP contribution in [0.25, 0.3) is 0 Å². The minimum absolute atomic E-state index is 0.129. The molecule has 1 aromatic carbocycles. The van der Waals surface area contributed by atoms with E-state index in [1.54, 1.807) is 0 Å². The summed E-state index contributed by atoms with van der Waals surface area (Å²) in [5.74, 6) is 0.795. The van der Waals surface area contributed by atoms with E-state index < -0.39 is 0 Å². The van der Waals surface area contributed by atoms with E-state index >= 15 is 0 Å². The summed E-state index contributed by atoms with van der Waals surface area (Å²) in [5, 5.41) is 6.37. The Morgan fingerprint density at radius 3 is 3.00 bits per heavy atom. The third-order valence-electron chi connectivity index (χ3n) is 3.33. The highest BCUT2D eigenvalue weighted by Gasteiger charge is 2.14. The second-order valence-corrected chi connectivity index (χ2v) is 5.94. The molecule has 2 rings (SSSR count). The van der Waals surface area contributed by atoms with E-state index in [0.717, 1.165) is 28.8 Å². The molecule has 0 saturated carbocycles. The van der Waals surface area contributed by atoms with Crippen LogP contribution >= 0.6 is 22.6 Å². The van der Waals surface area contributed by atoms with Crippen molar-refractivity contribution in [2.45, 2.75) is 25.7 Å². The van der Waals surface area contributed by atoms with E-state index in [0.29, 0.717) is 12.3 Å². The van der Waals surface area contributed by atoms with Gasteiger partial charge < -0.3 is 10.6 Å². The molecule has 1 unspecified atom stereocenters. The van der Waals surface area contributed by atoms with Gasteiger partial charge in [-0.05, 0) is 73.0 Å². The molecule has 18 heavy (non-hydrogen) atoms. The van der Waals surface area contributed by atoms with Gasteiger partial charge in [0.1, 0.15) is 0 Å². The molecule has 3 nitrogen and oxygen atoms in total. The topological polar surface area (TPSA) is 41.1 Å². The first-order chi connectivity index (χ1) is 8.75. The number of para-hydroxylation sites is 1. The minimum Gasteiger partial charge on any atom is -0.325 e. The zero-order chi connectivity index (χ0) is 12.8. The number of carbonyl (C=O) groups excluding carboxylic acids is 1. The minimum atomic E-state index is 0.129. The highest BCUT2D eigenvalue weighted by molar-refractivity contribution is 14.1. The van der Waals surface area contributed by atoms with Crippen LogP contribution in [0.3, 0.4) is 0 Å². The Morgan fingerprint density at radius 1 is 1.44 bits per heavy atom. The number of benzene rings is 1. The first-order valence-electron chi connectivity index (χ1n) is 6.51. The van der Waals surface area contributed by atoms with Crippen LogP contribution in [0.2, 0.25) is 0 Å². The van der Waals surface area contributed by atoms with Crippen molar-refractivity contribution in [2.24, 2.45) is 5.92 Å². The fraction of sp³-hybridized carbons (Fsp3) is 0.500. The van der Waals surface area contributed by atoms with Gasteiger partial charge in [-0.15, -0.1) is 0 Å². The third-order valence-corrected chi connectivity index (χ3v) is 4.27. The Labute approximate surface area is 122 Å². The van der Waals surface area contributed by atoms with Crippen LogP contribution in [-0.4, -0.2) is 19.0 Å². The zero-order valence-corrected chi connectivity index (χ0v) is 12.6. The molecule has 4 heteroatoms. The lowest BCUT2D eigenvalue weighted by Gasteiger charge is -2.22. The summed E-state index contributed by atoms with van der Waals surface area (Å²) in [6, 6.07) is 7.87. The van der Waals surface area contributed by atoms with Crippen LogP contribution < -0.4 is 10.6 Å². The van der Waals surface area contributed by atoms with E-state index in [9.17, 15) is 4.79 Å². The van der Waals surface area contributed by atoms with E-state index in [4.69, 9.17) is 0 Å². The number of anilines is 1. The van der Waals surface area contributed by atoms with Gasteiger partial charge in [0.05, 0.1) is 5.69 Å². The standard InChI is InChI=1S/C14H19IN2O/c15-12-5-1-2-6-13(12)17-14(18)8-7-11-4-3-9-16-10-11/h1-2,5-6,11,16H,3-4,7-10H2,(H,17,18). The van der Waals surface area contributed by atoms with Crippen molar-refractivity contribution in [1.29, 1.82) is 0 Å². The third kappa shape index (κ3) is 4.24. The van der Waals surface area contributed by atoms with E-state index in [-0.39, 0.29) is 5.91 Å². The van der Waals surface area contributed by atoms with Crippen molar-refractivity contribution in [2.75, 3.05) is 18.4 Å². The molecule has 1 atom stereocenters. The Morgan fingerprint density at radius 2 is 2.28 bits per heavy atom. The number of halogens is 1. The molecule has 1 saturated heterocycles. The second kappa shape index (κ2) is 7.09. The molecule has 1 heterocycles. The number of piperidine rings is 1. The zero-order valence-electron chi connectivity index (χ0n) is 10.4. The van der Waals surface area contributed by atoms with Gasteiger partial charge >= 0.3 is 0 Å². The summed E-state index contributed by atoms with van der Waals surface area (Å²) in [6.45, 7) is 2.20. The molecule has 0 aromatic heterocycles. The summed E-state index contributed by atoms with van der Waals surface area (Å²) >= 11 is 2.24. The first-order valence-corrected chi connectivity index (χ1v) is 7.58. The quantitative estimate of drug-likeness (QED) is 0.813. The number of hydrogen-bond acceptors (Lipinski definition) is 2. The molecule has 0 radical (unpaired) electrons. The number of carbonyl (C=O) groups is 1. The molecule has 1 aliphatic rings. The Bertz CT molecular complexity index is 403. The van der Waals surface area contributed by atoms with Crippen molar-refractivity contribution in [3.8, 4) is 0 Å². The highest BCUT2D eigenvalue weighted by Crippen LogP contribution is 2.19. The summed E-state index contributed by atoms with van der Waals surface area (Å²) in [6.07, 6.45) is 4.10. The average Bonchev–Trinajstić information content (AvgIpc) is 2.40. The number of nitrogens with one attached hydrogen (secondary N) is 2. The molecule has 2 N–H and O–H groups in total. The molecule has 0 spiro atoms. The summed E-state index contributed by atoms with van der Waals surface area (Å²) in [7, 11) is 0. The van der Waals surface area contributed by atoms with Gasteiger partial charge in [0.2, 0.25) is 5.91 Å². The van der Waals surface area contributed by atoms with Crippen LogP contribution in [0, 0.1) is 9.49 Å². The van der Waals surface area contributed by atoms with Crippen molar-refractivity contribution in [3.63, 3.8) is 0 Å². The van der Waals surface area contributed by atoms with Crippen LogP contribution in [-0.2, 0) is 4.79 Å². The van der Waals surface area contributed by atoms with Crippen molar-refractivity contribution < 1.29 is 4.79 Å². The first kappa shape index (κ1) is 13.8. The molecular weight excluding hydrogens is 339 g/mol. The van der Waals surface area contributed by atoms with Crippen LogP contribution in [0.1, 0.15) is 25.7 Å². The summed E-state index contributed by atoms with van der Waals surface area (Å²) < 4.78 is 1.09. The SMILES string of the molecule is O=C(CCC1CCCNC1)Nc1ccccc1I. The maximum Gasteiger partial charge on any atom is 0.224 e. The van der Waals surface area contributed by atoms with Gasteiger partial charge in [0, 0.05) is 9.99 Å². The van der Waals surface area contributed by atoms with E-state index in [1.807, 2.05) is 24.3 Å². The maximum absolute atomic E-state index is 11.9. The fourth-order valence-corrected chi connectivity index (χ4v) is 2.80. The number of rotatable bonds is 4. The second-order valence-electron chi connectivity index (χ2n) is 4.78. The highest BCUT2D eigenvalue weighted by atomic mass is 127. The normalized spacial score (nSPS) is 19.5. The Balaban J connectivity index is 1.76. The predicted molar refractivity (Wildman–Crippen MR) is 82.6 cm³/mol. The Hall–Kier alpha value is -0.620. The monoisotopic (exact) mass is 358 g/mol. The Kier molecular flexibility index (Phi) is 5.44. The molecule has 1 amide bonds. The van der Waals surface area contributed by atoms with Crippen LogP contribution in [0.4, 0.5) is 5.69 Å². The summed E-state index contributed by atoms with van der Waals surface area (Å²) in [5.41, 5.74) is 0.921. The lowest BCUT2D eigenvalue weighted by molar-refractivity contribution is -0.116. The number of hydrogen-bond donors (Lipinski definition) is 2. The van der Waals surface area contributed by atoms with Gasteiger partial charge in [-0.1, -0.05) is 12.1 Å². The van der Waals surface area contributed by atoms with Gasteiger partial charge in [0.25, 0.3) is 0 Å². The molecule has 0 aliphatic carbocycles. The van der Waals surface area contributed by atoms with Crippen LogP contribution in [0.5, 0.6) is 0 Å². The molecule has 1 fully saturated rings. The average molecular weight is 358 g/mol. The predicted octanol–water partition coefficient (Wildman–Crippen LogP) is 3.01. The molecule has 1 aromatic rings. The van der Waals surface area contributed by atoms with Gasteiger partial charge in [-0.3, -0.25) is 4.79 Å². The molecule has 1 aliphatic heterocycles. The van der Waals surface area contributed by atoms with Gasteiger partial charge in [-0.25, -0.2) is 0 Å². The van der Waals surface area contributed by atoms with Gasteiger partial charge in [-0.2, -0.15) is 0 Å². The molecular formula is C14H19IN2O. The lowest BCUT2D eigenvalue weighted by atomic mass is 9.94. The smallest absolute Gasteiger partial charge is 0.224 e. The van der Waals surface area contributed by atoms with Crippen LogP contribution in [0.15, 0.2) is 24.3 Å². The number of amides is 1.